The van der Waals surface area contributed by atoms with Gasteiger partial charge in [0.1, 0.15) is 12.4 Å². The smallest absolute Gasteiger partial charge is 0.262 e. The van der Waals surface area contributed by atoms with Crippen molar-refractivity contribution in [3.8, 4) is 0 Å². The number of benzene rings is 3. The Kier molecular flexibility index (Phi) is 9.11. The highest BCUT2D eigenvalue weighted by Crippen LogP contribution is 2.35. The third kappa shape index (κ3) is 6.36. The molecule has 2 aliphatic rings. The predicted octanol–water partition coefficient (Wildman–Crippen LogP) is 5.28. The third-order valence-corrected chi connectivity index (χ3v) is 7.78. The van der Waals surface area contributed by atoms with Crippen LogP contribution in [0.3, 0.4) is 0 Å². The standard InChI is InChI=1S/C30H29Cl2FN4O3/c31-24-10-4-1-7-21(24)27-19-28(23-9-3-6-12-26(23)33)37(34-27)29(38)20-36(14-13-35-15-17-40-18-16-35)30(39)22-8-2-5-11-25(22)32/h1-12,28H,13-20H2/t28-/m1/s1. The van der Waals surface area contributed by atoms with Crippen molar-refractivity contribution >= 4 is 40.7 Å². The molecule has 1 atom stereocenters. The number of ether oxygens (including phenoxy) is 1. The Morgan fingerprint density at radius 2 is 1.62 bits per heavy atom. The molecule has 0 radical (unpaired) electrons. The molecule has 2 aliphatic heterocycles. The number of carbonyl (C=O) groups excluding carboxylic acids is 2. The van der Waals surface area contributed by atoms with Gasteiger partial charge in [-0.25, -0.2) is 9.40 Å². The summed E-state index contributed by atoms with van der Waals surface area (Å²) in [4.78, 5) is 31.2. The highest BCUT2D eigenvalue weighted by Gasteiger charge is 2.36. The van der Waals surface area contributed by atoms with E-state index in [1.54, 1.807) is 48.5 Å². The van der Waals surface area contributed by atoms with E-state index in [1.807, 2.05) is 18.2 Å². The number of nitrogens with zero attached hydrogens (tertiary/aromatic N) is 4. The summed E-state index contributed by atoms with van der Waals surface area (Å²) in [5.74, 6) is -1.22. The van der Waals surface area contributed by atoms with Gasteiger partial charge in [0.25, 0.3) is 11.8 Å². The molecule has 0 spiro atoms. The molecular weight excluding hydrogens is 554 g/mol. The fourth-order valence-electron chi connectivity index (χ4n) is 4.97. The molecule has 0 aliphatic carbocycles. The van der Waals surface area contributed by atoms with Crippen molar-refractivity contribution in [1.82, 2.24) is 14.8 Å². The maximum absolute atomic E-state index is 15.0. The van der Waals surface area contributed by atoms with Gasteiger partial charge in [-0.1, -0.05) is 71.7 Å². The summed E-state index contributed by atoms with van der Waals surface area (Å²) in [6.45, 7) is 3.35. The lowest BCUT2D eigenvalue weighted by Gasteiger charge is -2.31. The zero-order valence-electron chi connectivity index (χ0n) is 21.8. The highest BCUT2D eigenvalue weighted by atomic mass is 35.5. The SMILES string of the molecule is O=C(c1ccccc1Cl)N(CCN1CCOCC1)CC(=O)N1N=C(c2ccccc2Cl)C[C@@H]1c1ccccc1F. The minimum atomic E-state index is -0.684. The van der Waals surface area contributed by atoms with Gasteiger partial charge in [-0.05, 0) is 24.3 Å². The number of hydrogen-bond acceptors (Lipinski definition) is 5. The van der Waals surface area contributed by atoms with Crippen LogP contribution in [0.2, 0.25) is 10.0 Å². The van der Waals surface area contributed by atoms with Gasteiger partial charge in [0.2, 0.25) is 0 Å². The Labute approximate surface area is 242 Å². The van der Waals surface area contributed by atoms with Crippen LogP contribution in [0.15, 0.2) is 77.9 Å². The summed E-state index contributed by atoms with van der Waals surface area (Å²) in [5.41, 5.74) is 1.91. The average Bonchev–Trinajstić information content (AvgIpc) is 3.41. The van der Waals surface area contributed by atoms with E-state index in [9.17, 15) is 14.0 Å². The van der Waals surface area contributed by atoms with Gasteiger partial charge < -0.3 is 9.64 Å². The van der Waals surface area contributed by atoms with Crippen LogP contribution in [0, 0.1) is 5.82 Å². The number of halogens is 3. The van der Waals surface area contributed by atoms with Gasteiger partial charge in [-0.15, -0.1) is 0 Å². The lowest BCUT2D eigenvalue weighted by atomic mass is 9.98. The van der Waals surface area contributed by atoms with E-state index in [2.05, 4.69) is 10.0 Å². The van der Waals surface area contributed by atoms with Crippen LogP contribution >= 0.6 is 23.2 Å². The van der Waals surface area contributed by atoms with E-state index in [4.69, 9.17) is 27.9 Å². The number of rotatable bonds is 8. The lowest BCUT2D eigenvalue weighted by molar-refractivity contribution is -0.133. The van der Waals surface area contributed by atoms with E-state index >= 15 is 0 Å². The Morgan fingerprint density at radius 3 is 2.35 bits per heavy atom. The second kappa shape index (κ2) is 12.9. The first-order valence-corrected chi connectivity index (χ1v) is 13.9. The quantitative estimate of drug-likeness (QED) is 0.362. The van der Waals surface area contributed by atoms with Crippen molar-refractivity contribution in [2.75, 3.05) is 45.9 Å². The number of hydrazone groups is 1. The molecule has 7 nitrogen and oxygen atoms in total. The molecule has 3 aromatic carbocycles. The average molecular weight is 583 g/mol. The maximum atomic E-state index is 15.0. The van der Waals surface area contributed by atoms with Crippen molar-refractivity contribution in [2.45, 2.75) is 12.5 Å². The fraction of sp³-hybridized carbons (Fsp3) is 0.300. The number of amides is 2. The van der Waals surface area contributed by atoms with E-state index in [0.29, 0.717) is 58.8 Å². The molecule has 40 heavy (non-hydrogen) atoms. The van der Waals surface area contributed by atoms with Gasteiger partial charge >= 0.3 is 0 Å². The Hall–Kier alpha value is -3.30. The van der Waals surface area contributed by atoms with E-state index in [0.717, 1.165) is 13.1 Å². The van der Waals surface area contributed by atoms with Crippen LogP contribution in [0.1, 0.15) is 33.9 Å². The lowest BCUT2D eigenvalue weighted by Crippen LogP contribution is -2.46. The molecule has 1 fully saturated rings. The van der Waals surface area contributed by atoms with Gasteiger partial charge in [-0.2, -0.15) is 5.10 Å². The van der Waals surface area contributed by atoms with E-state index in [1.165, 1.54) is 16.0 Å². The van der Waals surface area contributed by atoms with Gasteiger partial charge in [0.15, 0.2) is 0 Å². The molecule has 2 heterocycles. The Balaban J connectivity index is 1.44. The molecule has 5 rings (SSSR count). The predicted molar refractivity (Wildman–Crippen MR) is 153 cm³/mol. The first kappa shape index (κ1) is 28.2. The van der Waals surface area contributed by atoms with Crippen LogP contribution < -0.4 is 0 Å². The topological polar surface area (TPSA) is 65.5 Å². The second-order valence-electron chi connectivity index (χ2n) is 9.67. The largest absolute Gasteiger partial charge is 0.379 e. The van der Waals surface area contributed by atoms with Crippen molar-refractivity contribution in [3.63, 3.8) is 0 Å². The van der Waals surface area contributed by atoms with Gasteiger partial charge in [0, 0.05) is 48.7 Å². The first-order chi connectivity index (χ1) is 19.4. The van der Waals surface area contributed by atoms with E-state index in [-0.39, 0.29) is 18.9 Å². The maximum Gasteiger partial charge on any atom is 0.262 e. The van der Waals surface area contributed by atoms with Crippen molar-refractivity contribution < 1.29 is 18.7 Å². The molecule has 2 amide bonds. The summed E-state index contributed by atoms with van der Waals surface area (Å²) in [6, 6.07) is 19.6. The summed E-state index contributed by atoms with van der Waals surface area (Å²) in [6.07, 6.45) is 0.280. The summed E-state index contributed by atoms with van der Waals surface area (Å²) >= 11 is 12.8. The second-order valence-corrected chi connectivity index (χ2v) is 10.5. The van der Waals surface area contributed by atoms with Crippen molar-refractivity contribution in [1.29, 1.82) is 0 Å². The van der Waals surface area contributed by atoms with Crippen molar-refractivity contribution in [3.05, 3.63) is 105 Å². The third-order valence-electron chi connectivity index (χ3n) is 7.12. The highest BCUT2D eigenvalue weighted by molar-refractivity contribution is 6.34. The molecule has 10 heteroatoms. The molecule has 0 N–H and O–H groups in total. The monoisotopic (exact) mass is 582 g/mol. The van der Waals surface area contributed by atoms with Crippen LogP contribution in [-0.2, 0) is 9.53 Å². The van der Waals surface area contributed by atoms with E-state index < -0.39 is 17.8 Å². The first-order valence-electron chi connectivity index (χ1n) is 13.1. The molecular formula is C30H29Cl2FN4O3. The zero-order valence-corrected chi connectivity index (χ0v) is 23.3. The normalized spacial score (nSPS) is 17.5. The zero-order chi connectivity index (χ0) is 28.1. The van der Waals surface area contributed by atoms with Gasteiger partial charge in [0.05, 0.1) is 35.6 Å². The van der Waals surface area contributed by atoms with Crippen LogP contribution in [0.4, 0.5) is 4.39 Å². The molecule has 208 valence electrons. The summed E-state index contributed by atoms with van der Waals surface area (Å²) < 4.78 is 20.4. The minimum Gasteiger partial charge on any atom is -0.379 e. The number of carbonyl (C=O) groups is 2. The van der Waals surface area contributed by atoms with Crippen molar-refractivity contribution in [2.24, 2.45) is 5.10 Å². The number of hydrogen-bond donors (Lipinski definition) is 0. The van der Waals surface area contributed by atoms with Crippen LogP contribution in [0.25, 0.3) is 0 Å². The number of morpholine rings is 1. The molecule has 0 bridgehead atoms. The molecule has 0 saturated carbocycles. The van der Waals surface area contributed by atoms with Crippen LogP contribution in [-0.4, -0.2) is 78.3 Å². The molecule has 1 saturated heterocycles. The molecule has 3 aromatic rings. The Morgan fingerprint density at radius 1 is 0.950 bits per heavy atom. The summed E-state index contributed by atoms with van der Waals surface area (Å²) in [5, 5.41) is 6.72. The molecule has 0 unspecified atom stereocenters. The van der Waals surface area contributed by atoms with Gasteiger partial charge in [-0.3, -0.25) is 14.5 Å². The minimum absolute atomic E-state index is 0.251. The Bertz CT molecular complexity index is 1410. The van der Waals surface area contributed by atoms with Crippen LogP contribution in [0.5, 0.6) is 0 Å². The summed E-state index contributed by atoms with van der Waals surface area (Å²) in [7, 11) is 0. The molecule has 0 aromatic heterocycles. The fourth-order valence-corrected chi connectivity index (χ4v) is 5.43.